The van der Waals surface area contributed by atoms with Gasteiger partial charge in [0.05, 0.1) is 5.56 Å². The lowest BCUT2D eigenvalue weighted by atomic mass is 10.1. The van der Waals surface area contributed by atoms with Crippen LogP contribution < -0.4 is 0 Å². The van der Waals surface area contributed by atoms with Gasteiger partial charge in [0.2, 0.25) is 0 Å². The number of nitrogens with zero attached hydrogens (tertiary/aromatic N) is 2. The first kappa shape index (κ1) is 11.7. The van der Waals surface area contributed by atoms with Crippen molar-refractivity contribution in [2.45, 2.75) is 20.0 Å². The van der Waals surface area contributed by atoms with Crippen LogP contribution in [0, 0.1) is 13.8 Å². The molecule has 0 N–H and O–H groups in total. The number of rotatable bonds is 1. The number of imidazole rings is 1. The number of hydrogen-bond acceptors (Lipinski definition) is 1. The standard InChI is InChI=1S/C12H11F3N2/c1-8-3-4-10(7-11(8)12(13,14)15)17-6-5-16-9(17)2/h3-7H,1-2H3. The summed E-state index contributed by atoms with van der Waals surface area (Å²) in [4.78, 5) is 3.99. The summed E-state index contributed by atoms with van der Waals surface area (Å²) < 4.78 is 39.9. The van der Waals surface area contributed by atoms with Gasteiger partial charge in [0, 0.05) is 18.1 Å². The number of benzene rings is 1. The highest BCUT2D eigenvalue weighted by Gasteiger charge is 2.32. The molecular formula is C12H11F3N2. The minimum Gasteiger partial charge on any atom is -0.304 e. The molecule has 2 aromatic rings. The van der Waals surface area contributed by atoms with Crippen LogP contribution in [-0.2, 0) is 6.18 Å². The predicted octanol–water partition coefficient (Wildman–Crippen LogP) is 3.51. The van der Waals surface area contributed by atoms with Crippen LogP contribution in [0.15, 0.2) is 30.6 Å². The lowest BCUT2D eigenvalue weighted by Crippen LogP contribution is -2.09. The maximum Gasteiger partial charge on any atom is 0.416 e. The predicted molar refractivity (Wildman–Crippen MR) is 58.0 cm³/mol. The third kappa shape index (κ3) is 2.18. The summed E-state index contributed by atoms with van der Waals surface area (Å²) in [7, 11) is 0. The quantitative estimate of drug-likeness (QED) is 0.745. The van der Waals surface area contributed by atoms with E-state index in [1.165, 1.54) is 13.0 Å². The van der Waals surface area contributed by atoms with Gasteiger partial charge in [0.15, 0.2) is 0 Å². The van der Waals surface area contributed by atoms with Crippen LogP contribution >= 0.6 is 0 Å². The summed E-state index contributed by atoms with van der Waals surface area (Å²) in [5.74, 6) is 0.655. The van der Waals surface area contributed by atoms with E-state index in [-0.39, 0.29) is 5.56 Å². The second-order valence-corrected chi connectivity index (χ2v) is 3.84. The average Bonchev–Trinajstić information content (AvgIpc) is 2.63. The molecule has 2 nitrogen and oxygen atoms in total. The van der Waals surface area contributed by atoms with Crippen molar-refractivity contribution in [2.75, 3.05) is 0 Å². The fourth-order valence-corrected chi connectivity index (χ4v) is 1.72. The Morgan fingerprint density at radius 3 is 2.41 bits per heavy atom. The van der Waals surface area contributed by atoms with Gasteiger partial charge in [-0.05, 0) is 31.5 Å². The minimum absolute atomic E-state index is 0.221. The molecule has 0 spiro atoms. The first-order chi connectivity index (χ1) is 7.89. The molecule has 1 heterocycles. The third-order valence-corrected chi connectivity index (χ3v) is 2.63. The van der Waals surface area contributed by atoms with Gasteiger partial charge in [-0.2, -0.15) is 13.2 Å². The van der Waals surface area contributed by atoms with Gasteiger partial charge >= 0.3 is 6.18 Å². The first-order valence-electron chi connectivity index (χ1n) is 5.08. The highest BCUT2D eigenvalue weighted by atomic mass is 19.4. The van der Waals surface area contributed by atoms with Crippen LogP contribution in [0.2, 0.25) is 0 Å². The molecule has 0 aliphatic heterocycles. The second-order valence-electron chi connectivity index (χ2n) is 3.84. The van der Waals surface area contributed by atoms with Crippen LogP contribution in [0.25, 0.3) is 5.69 Å². The molecule has 1 aromatic heterocycles. The molecule has 0 saturated carbocycles. The molecule has 0 unspecified atom stereocenters. The van der Waals surface area contributed by atoms with E-state index in [2.05, 4.69) is 4.98 Å². The topological polar surface area (TPSA) is 17.8 Å². The van der Waals surface area contributed by atoms with E-state index in [1.54, 1.807) is 30.0 Å². The average molecular weight is 240 g/mol. The van der Waals surface area contributed by atoms with Gasteiger partial charge in [-0.1, -0.05) is 6.07 Å². The van der Waals surface area contributed by atoms with E-state index in [0.717, 1.165) is 6.07 Å². The second kappa shape index (κ2) is 3.91. The fourth-order valence-electron chi connectivity index (χ4n) is 1.72. The number of halogens is 3. The van der Waals surface area contributed by atoms with E-state index in [1.807, 2.05) is 0 Å². The van der Waals surface area contributed by atoms with Gasteiger partial charge in [0.25, 0.3) is 0 Å². The monoisotopic (exact) mass is 240 g/mol. The number of alkyl halides is 3. The van der Waals surface area contributed by atoms with Gasteiger partial charge in [0.1, 0.15) is 5.82 Å². The van der Waals surface area contributed by atoms with E-state index < -0.39 is 11.7 Å². The van der Waals surface area contributed by atoms with E-state index in [4.69, 9.17) is 0 Å². The molecule has 2 rings (SSSR count). The molecule has 0 fully saturated rings. The maximum atomic E-state index is 12.7. The zero-order valence-corrected chi connectivity index (χ0v) is 9.42. The van der Waals surface area contributed by atoms with Crippen LogP contribution in [0.5, 0.6) is 0 Å². The summed E-state index contributed by atoms with van der Waals surface area (Å²) in [5.41, 5.74) is 0.0834. The molecule has 1 aromatic carbocycles. The molecule has 17 heavy (non-hydrogen) atoms. The lowest BCUT2D eigenvalue weighted by molar-refractivity contribution is -0.138. The highest BCUT2D eigenvalue weighted by molar-refractivity contribution is 5.42. The zero-order chi connectivity index (χ0) is 12.6. The van der Waals surface area contributed by atoms with Crippen molar-refractivity contribution >= 4 is 0 Å². The molecule has 0 radical (unpaired) electrons. The smallest absolute Gasteiger partial charge is 0.304 e. The van der Waals surface area contributed by atoms with Crippen molar-refractivity contribution in [3.63, 3.8) is 0 Å². The molecule has 0 amide bonds. The van der Waals surface area contributed by atoms with Crippen LogP contribution in [0.1, 0.15) is 17.0 Å². The molecule has 0 saturated heterocycles. The summed E-state index contributed by atoms with van der Waals surface area (Å²) in [5, 5.41) is 0. The Bertz CT molecular complexity index is 541. The summed E-state index contributed by atoms with van der Waals surface area (Å²) >= 11 is 0. The van der Waals surface area contributed by atoms with Gasteiger partial charge in [-0.15, -0.1) is 0 Å². The SMILES string of the molecule is Cc1ccc(-n2ccnc2C)cc1C(F)(F)F. The fraction of sp³-hybridized carbons (Fsp3) is 0.250. The van der Waals surface area contributed by atoms with E-state index in [0.29, 0.717) is 11.5 Å². The molecule has 90 valence electrons. The summed E-state index contributed by atoms with van der Waals surface area (Å²) in [6, 6.07) is 4.26. The Hall–Kier alpha value is -1.78. The van der Waals surface area contributed by atoms with Gasteiger partial charge in [-0.25, -0.2) is 4.98 Å². The van der Waals surface area contributed by atoms with Gasteiger partial charge in [-0.3, -0.25) is 0 Å². The zero-order valence-electron chi connectivity index (χ0n) is 9.42. The summed E-state index contributed by atoms with van der Waals surface area (Å²) in [6.07, 6.45) is -1.13. The number of aryl methyl sites for hydroxylation is 2. The molecule has 0 atom stereocenters. The first-order valence-corrected chi connectivity index (χ1v) is 5.08. The number of hydrogen-bond donors (Lipinski definition) is 0. The number of aromatic nitrogens is 2. The van der Waals surface area contributed by atoms with E-state index in [9.17, 15) is 13.2 Å². The molecule has 0 aliphatic carbocycles. The van der Waals surface area contributed by atoms with Crippen molar-refractivity contribution < 1.29 is 13.2 Å². The normalized spacial score (nSPS) is 11.8. The van der Waals surface area contributed by atoms with Gasteiger partial charge < -0.3 is 4.57 Å². The largest absolute Gasteiger partial charge is 0.416 e. The molecule has 5 heteroatoms. The molecule has 0 aliphatic rings. The Morgan fingerprint density at radius 1 is 1.18 bits per heavy atom. The van der Waals surface area contributed by atoms with Crippen LogP contribution in [0.3, 0.4) is 0 Å². The maximum absolute atomic E-state index is 12.7. The van der Waals surface area contributed by atoms with Crippen molar-refractivity contribution in [3.8, 4) is 5.69 Å². The Kier molecular flexibility index (Phi) is 2.69. The van der Waals surface area contributed by atoms with Crippen molar-refractivity contribution in [1.82, 2.24) is 9.55 Å². The highest BCUT2D eigenvalue weighted by Crippen LogP contribution is 2.33. The summed E-state index contributed by atoms with van der Waals surface area (Å²) in [6.45, 7) is 3.19. The third-order valence-electron chi connectivity index (χ3n) is 2.63. The van der Waals surface area contributed by atoms with Crippen LogP contribution in [-0.4, -0.2) is 9.55 Å². The van der Waals surface area contributed by atoms with Crippen molar-refractivity contribution in [3.05, 3.63) is 47.5 Å². The lowest BCUT2D eigenvalue weighted by Gasteiger charge is -2.13. The van der Waals surface area contributed by atoms with Crippen molar-refractivity contribution in [1.29, 1.82) is 0 Å². The molecular weight excluding hydrogens is 229 g/mol. The van der Waals surface area contributed by atoms with Crippen LogP contribution in [0.4, 0.5) is 13.2 Å². The van der Waals surface area contributed by atoms with E-state index >= 15 is 0 Å². The molecule has 0 bridgehead atoms. The minimum atomic E-state index is -4.32. The van der Waals surface area contributed by atoms with Crippen molar-refractivity contribution in [2.24, 2.45) is 0 Å². The Morgan fingerprint density at radius 2 is 1.88 bits per heavy atom. The Balaban J connectivity index is 2.56. The Labute approximate surface area is 96.7 Å².